The van der Waals surface area contributed by atoms with Crippen LogP contribution in [0.2, 0.25) is 0 Å². The molecule has 0 aromatic heterocycles. The van der Waals surface area contributed by atoms with Crippen LogP contribution < -0.4 is 5.32 Å². The molecule has 2 aliphatic rings. The summed E-state index contributed by atoms with van der Waals surface area (Å²) in [5.74, 6) is 0.962. The summed E-state index contributed by atoms with van der Waals surface area (Å²) in [4.78, 5) is 9.09. The molecule has 0 amide bonds. The van der Waals surface area contributed by atoms with Gasteiger partial charge in [0.2, 0.25) is 0 Å². The summed E-state index contributed by atoms with van der Waals surface area (Å²) in [5, 5.41) is 3.50. The van der Waals surface area contributed by atoms with Gasteiger partial charge in [-0.15, -0.1) is 24.0 Å². The second kappa shape index (κ2) is 11.8. The van der Waals surface area contributed by atoms with Crippen molar-refractivity contribution in [2.45, 2.75) is 31.6 Å². The second-order valence-electron chi connectivity index (χ2n) is 7.10. The number of rotatable bonds is 6. The predicted octanol–water partition coefficient (Wildman–Crippen LogP) is 2.19. The normalized spacial score (nSPS) is 23.4. The van der Waals surface area contributed by atoms with E-state index in [0.717, 1.165) is 64.7 Å². The Labute approximate surface area is 180 Å². The number of guanidine groups is 1. The average molecular weight is 488 g/mol. The number of ether oxygens (including phenoxy) is 2. The maximum Gasteiger partial charge on any atom is 0.193 e. The van der Waals surface area contributed by atoms with Crippen molar-refractivity contribution in [1.82, 2.24) is 15.1 Å². The fourth-order valence-electron chi connectivity index (χ4n) is 3.65. The Hall–Kier alpha value is -0.900. The molecule has 2 heterocycles. The van der Waals surface area contributed by atoms with Gasteiger partial charge in [0.25, 0.3) is 0 Å². The van der Waals surface area contributed by atoms with Crippen molar-refractivity contribution in [3.05, 3.63) is 35.9 Å². The van der Waals surface area contributed by atoms with E-state index in [2.05, 4.69) is 57.5 Å². The van der Waals surface area contributed by atoms with Crippen LogP contribution >= 0.6 is 24.0 Å². The minimum Gasteiger partial charge on any atom is -0.375 e. The summed E-state index contributed by atoms with van der Waals surface area (Å²) in [5.41, 5.74) is 1.34. The lowest BCUT2D eigenvalue weighted by atomic mass is 10.1. The van der Waals surface area contributed by atoms with Crippen molar-refractivity contribution in [3.63, 3.8) is 0 Å². The molecule has 2 unspecified atom stereocenters. The Balaban J connectivity index is 0.00000261. The van der Waals surface area contributed by atoms with E-state index in [9.17, 15) is 0 Å². The van der Waals surface area contributed by atoms with Crippen molar-refractivity contribution in [1.29, 1.82) is 0 Å². The van der Waals surface area contributed by atoms with Gasteiger partial charge >= 0.3 is 0 Å². The largest absolute Gasteiger partial charge is 0.375 e. The average Bonchev–Trinajstić information content (AvgIpc) is 3.21. The third kappa shape index (κ3) is 6.89. The monoisotopic (exact) mass is 488 g/mol. The highest BCUT2D eigenvalue weighted by Gasteiger charge is 2.32. The van der Waals surface area contributed by atoms with Gasteiger partial charge in [0, 0.05) is 46.4 Å². The highest BCUT2D eigenvalue weighted by molar-refractivity contribution is 14.0. The fourth-order valence-corrected chi connectivity index (χ4v) is 3.65. The number of aliphatic imine (C=N–C) groups is 1. The van der Waals surface area contributed by atoms with Gasteiger partial charge in [0.1, 0.15) is 6.10 Å². The minimum atomic E-state index is 0. The van der Waals surface area contributed by atoms with E-state index in [-0.39, 0.29) is 36.2 Å². The third-order valence-corrected chi connectivity index (χ3v) is 5.06. The van der Waals surface area contributed by atoms with Crippen molar-refractivity contribution in [2.24, 2.45) is 4.99 Å². The molecule has 1 aromatic carbocycles. The zero-order chi connectivity index (χ0) is 18.2. The van der Waals surface area contributed by atoms with Gasteiger partial charge in [0.05, 0.1) is 12.7 Å². The van der Waals surface area contributed by atoms with Gasteiger partial charge in [0.15, 0.2) is 5.96 Å². The minimum absolute atomic E-state index is 0. The second-order valence-corrected chi connectivity index (χ2v) is 7.10. The Kier molecular flexibility index (Phi) is 9.81. The molecule has 0 saturated carbocycles. The Morgan fingerprint density at radius 3 is 2.70 bits per heavy atom. The number of nitrogens with one attached hydrogen (secondary N) is 1. The van der Waals surface area contributed by atoms with Gasteiger partial charge in [-0.2, -0.15) is 0 Å². The van der Waals surface area contributed by atoms with E-state index < -0.39 is 0 Å². The molecule has 1 aromatic rings. The first-order valence-corrected chi connectivity index (χ1v) is 9.67. The zero-order valence-corrected chi connectivity index (χ0v) is 18.8. The van der Waals surface area contributed by atoms with Crippen molar-refractivity contribution in [3.8, 4) is 0 Å². The molecule has 2 fully saturated rings. The highest BCUT2D eigenvalue weighted by atomic mass is 127. The van der Waals surface area contributed by atoms with E-state index in [1.807, 2.05) is 7.05 Å². The van der Waals surface area contributed by atoms with Gasteiger partial charge in [-0.1, -0.05) is 30.3 Å². The summed E-state index contributed by atoms with van der Waals surface area (Å²) in [6.45, 7) is 6.13. The third-order valence-electron chi connectivity index (χ3n) is 5.06. The lowest BCUT2D eigenvalue weighted by Gasteiger charge is -2.37. The molecule has 7 heteroatoms. The van der Waals surface area contributed by atoms with Crippen LogP contribution in [-0.2, 0) is 16.0 Å². The van der Waals surface area contributed by atoms with Gasteiger partial charge in [-0.3, -0.25) is 4.99 Å². The zero-order valence-electron chi connectivity index (χ0n) is 16.5. The molecule has 6 nitrogen and oxygen atoms in total. The molecule has 2 aliphatic heterocycles. The number of hydrogen-bond donors (Lipinski definition) is 1. The molecular formula is C20H33IN4O2. The molecular weight excluding hydrogens is 455 g/mol. The van der Waals surface area contributed by atoms with E-state index in [1.165, 1.54) is 5.56 Å². The summed E-state index contributed by atoms with van der Waals surface area (Å²) in [6, 6.07) is 10.6. The summed E-state index contributed by atoms with van der Waals surface area (Å²) in [6.07, 6.45) is 2.65. The maximum atomic E-state index is 5.94. The van der Waals surface area contributed by atoms with Gasteiger partial charge < -0.3 is 24.6 Å². The number of nitrogens with zero attached hydrogens (tertiary/aromatic N) is 3. The molecule has 1 N–H and O–H groups in total. The topological polar surface area (TPSA) is 49.3 Å². The van der Waals surface area contributed by atoms with Crippen LogP contribution in [0, 0.1) is 0 Å². The van der Waals surface area contributed by atoms with E-state index in [4.69, 9.17) is 9.47 Å². The Bertz CT molecular complexity index is 566. The molecule has 0 aliphatic carbocycles. The van der Waals surface area contributed by atoms with Gasteiger partial charge in [-0.25, -0.2) is 0 Å². The number of benzene rings is 1. The van der Waals surface area contributed by atoms with Crippen LogP contribution in [-0.4, -0.2) is 81.5 Å². The van der Waals surface area contributed by atoms with Gasteiger partial charge in [-0.05, 0) is 25.5 Å². The first-order valence-electron chi connectivity index (χ1n) is 9.67. The van der Waals surface area contributed by atoms with Crippen LogP contribution in [0.15, 0.2) is 35.3 Å². The highest BCUT2D eigenvalue weighted by Crippen LogP contribution is 2.21. The SMILES string of the molecule is CN=C(NCCN(C)Cc1ccccc1)N1CCOC(C2CCCO2)C1.I. The maximum absolute atomic E-state index is 5.94. The number of hydrogen-bond acceptors (Lipinski definition) is 4. The molecule has 2 saturated heterocycles. The lowest BCUT2D eigenvalue weighted by Crippen LogP contribution is -2.53. The number of halogens is 1. The van der Waals surface area contributed by atoms with Crippen LogP contribution in [0.4, 0.5) is 0 Å². The van der Waals surface area contributed by atoms with Crippen LogP contribution in [0.3, 0.4) is 0 Å². The van der Waals surface area contributed by atoms with Crippen LogP contribution in [0.25, 0.3) is 0 Å². The molecule has 3 rings (SSSR count). The molecule has 0 bridgehead atoms. The molecule has 2 atom stereocenters. The van der Waals surface area contributed by atoms with E-state index >= 15 is 0 Å². The smallest absolute Gasteiger partial charge is 0.193 e. The summed E-state index contributed by atoms with van der Waals surface area (Å²) < 4.78 is 11.7. The molecule has 27 heavy (non-hydrogen) atoms. The van der Waals surface area contributed by atoms with E-state index in [1.54, 1.807) is 0 Å². The Morgan fingerprint density at radius 1 is 1.22 bits per heavy atom. The van der Waals surface area contributed by atoms with Crippen molar-refractivity contribution < 1.29 is 9.47 Å². The molecule has 0 spiro atoms. The van der Waals surface area contributed by atoms with E-state index in [0.29, 0.717) is 0 Å². The number of morpholine rings is 1. The number of likely N-dealkylation sites (N-methyl/N-ethyl adjacent to an activating group) is 1. The van der Waals surface area contributed by atoms with Crippen LogP contribution in [0.5, 0.6) is 0 Å². The fraction of sp³-hybridized carbons (Fsp3) is 0.650. The van der Waals surface area contributed by atoms with Crippen molar-refractivity contribution in [2.75, 3.05) is 53.5 Å². The predicted molar refractivity (Wildman–Crippen MR) is 120 cm³/mol. The Morgan fingerprint density at radius 2 is 2.00 bits per heavy atom. The summed E-state index contributed by atoms with van der Waals surface area (Å²) >= 11 is 0. The summed E-state index contributed by atoms with van der Waals surface area (Å²) in [7, 11) is 4.01. The molecule has 0 radical (unpaired) electrons. The molecule has 152 valence electrons. The van der Waals surface area contributed by atoms with Crippen LogP contribution in [0.1, 0.15) is 18.4 Å². The lowest BCUT2D eigenvalue weighted by molar-refractivity contribution is -0.0817. The first-order chi connectivity index (χ1) is 12.8. The first kappa shape index (κ1) is 22.4. The standard InChI is InChI=1S/C20H32N4O2.HI/c1-21-20(22-10-11-23(2)15-17-7-4-3-5-8-17)24-12-14-26-19(16-24)18-9-6-13-25-18;/h3-5,7-8,18-19H,6,9-16H2,1-2H3,(H,21,22);1H. The quantitative estimate of drug-likeness (QED) is 0.378. The van der Waals surface area contributed by atoms with Crippen molar-refractivity contribution >= 4 is 29.9 Å².